The maximum absolute atomic E-state index is 9.59. The number of likely N-dealkylation sites (N-methyl/N-ethyl adjacent to an activating group) is 3. The van der Waals surface area contributed by atoms with Crippen LogP contribution >= 0.6 is 0 Å². The molecule has 0 saturated carbocycles. The zero-order valence-electron chi connectivity index (χ0n) is 13.7. The van der Waals surface area contributed by atoms with Gasteiger partial charge in [-0.15, -0.1) is 0 Å². The Morgan fingerprint density at radius 1 is 0.737 bits per heavy atom. The van der Waals surface area contributed by atoms with Gasteiger partial charge in [0.1, 0.15) is 0 Å². The largest absolute Gasteiger partial charge is 0.395 e. The van der Waals surface area contributed by atoms with Gasteiger partial charge >= 0.3 is 0 Å². The van der Waals surface area contributed by atoms with E-state index in [0.717, 1.165) is 52.4 Å². The highest BCUT2D eigenvalue weighted by Gasteiger charge is 2.17. The number of hydrogen-bond acceptors (Lipinski definition) is 4. The van der Waals surface area contributed by atoms with Crippen LogP contribution in [0.5, 0.6) is 0 Å². The monoisotopic (exact) mass is 273 g/mol. The summed E-state index contributed by atoms with van der Waals surface area (Å²) in [6, 6.07) is 0.270. The van der Waals surface area contributed by atoms with Crippen LogP contribution < -0.4 is 0 Å². The van der Waals surface area contributed by atoms with Crippen molar-refractivity contribution in [2.24, 2.45) is 0 Å². The predicted molar refractivity (Wildman–Crippen MR) is 83.7 cm³/mol. The molecule has 0 amide bonds. The molecule has 0 fully saturated rings. The minimum atomic E-state index is 0.253. The predicted octanol–water partition coefficient (Wildman–Crippen LogP) is 1.35. The summed E-state index contributed by atoms with van der Waals surface area (Å²) in [4.78, 5) is 7.26. The Morgan fingerprint density at radius 3 is 1.58 bits per heavy atom. The van der Waals surface area contributed by atoms with Gasteiger partial charge in [-0.25, -0.2) is 0 Å². The first-order valence-electron chi connectivity index (χ1n) is 7.96. The highest BCUT2D eigenvalue weighted by molar-refractivity contribution is 4.74. The maximum Gasteiger partial charge on any atom is 0.0599 e. The summed E-state index contributed by atoms with van der Waals surface area (Å²) < 4.78 is 0. The van der Waals surface area contributed by atoms with Crippen LogP contribution in [-0.4, -0.2) is 84.8 Å². The molecule has 1 atom stereocenters. The number of nitrogens with zero attached hydrogens (tertiary/aromatic N) is 3. The van der Waals surface area contributed by atoms with Crippen LogP contribution in [0, 0.1) is 0 Å². The van der Waals surface area contributed by atoms with Crippen molar-refractivity contribution in [1.29, 1.82) is 0 Å². The molecule has 0 unspecified atom stereocenters. The molecule has 4 nitrogen and oxygen atoms in total. The van der Waals surface area contributed by atoms with E-state index in [1.807, 2.05) is 0 Å². The zero-order chi connectivity index (χ0) is 14.7. The third-order valence-electron chi connectivity index (χ3n) is 4.08. The van der Waals surface area contributed by atoms with Gasteiger partial charge in [0.2, 0.25) is 0 Å². The smallest absolute Gasteiger partial charge is 0.0599 e. The Labute approximate surface area is 120 Å². The minimum absolute atomic E-state index is 0.253. The highest BCUT2D eigenvalue weighted by atomic mass is 16.3. The zero-order valence-corrected chi connectivity index (χ0v) is 13.7. The summed E-state index contributed by atoms with van der Waals surface area (Å²) in [6.07, 6.45) is 0. The fourth-order valence-electron chi connectivity index (χ4n) is 2.53. The Bertz CT molecular complexity index is 194. The average molecular weight is 273 g/mol. The number of aliphatic hydroxyl groups excluding tert-OH is 1. The van der Waals surface area contributed by atoms with Gasteiger partial charge in [0.25, 0.3) is 0 Å². The summed E-state index contributed by atoms with van der Waals surface area (Å²) in [5.74, 6) is 0. The topological polar surface area (TPSA) is 30.0 Å². The van der Waals surface area contributed by atoms with E-state index in [0.29, 0.717) is 0 Å². The summed E-state index contributed by atoms with van der Waals surface area (Å²) in [5.41, 5.74) is 0. The van der Waals surface area contributed by atoms with Crippen LogP contribution in [0.1, 0.15) is 34.6 Å². The van der Waals surface area contributed by atoms with Gasteiger partial charge in [-0.3, -0.25) is 4.90 Å². The van der Waals surface area contributed by atoms with Crippen LogP contribution in [0.2, 0.25) is 0 Å². The lowest BCUT2D eigenvalue weighted by atomic mass is 10.2. The molecular weight excluding hydrogens is 238 g/mol. The standard InChI is InChI=1S/C15H35N3O/c1-6-16(7-2)11-12-17(8-3)13-15(14-19)18(9-4)10-5/h15,19H,6-14H2,1-5H3/t15-/m1/s1. The van der Waals surface area contributed by atoms with Crippen LogP contribution in [0.15, 0.2) is 0 Å². The van der Waals surface area contributed by atoms with Crippen molar-refractivity contribution >= 4 is 0 Å². The molecule has 1 N–H and O–H groups in total. The third-order valence-corrected chi connectivity index (χ3v) is 4.08. The Hall–Kier alpha value is -0.160. The van der Waals surface area contributed by atoms with Gasteiger partial charge in [-0.05, 0) is 32.7 Å². The van der Waals surface area contributed by atoms with Crippen LogP contribution in [0.4, 0.5) is 0 Å². The van der Waals surface area contributed by atoms with Crippen molar-refractivity contribution in [2.45, 2.75) is 40.7 Å². The van der Waals surface area contributed by atoms with Gasteiger partial charge in [-0.1, -0.05) is 34.6 Å². The van der Waals surface area contributed by atoms with Crippen LogP contribution in [-0.2, 0) is 0 Å². The first kappa shape index (κ1) is 18.8. The van der Waals surface area contributed by atoms with E-state index < -0.39 is 0 Å². The molecule has 0 aliphatic carbocycles. The molecule has 0 radical (unpaired) electrons. The average Bonchev–Trinajstić information content (AvgIpc) is 2.46. The maximum atomic E-state index is 9.59. The van der Waals surface area contributed by atoms with Crippen LogP contribution in [0.25, 0.3) is 0 Å². The van der Waals surface area contributed by atoms with Crippen molar-refractivity contribution < 1.29 is 5.11 Å². The first-order chi connectivity index (χ1) is 9.16. The minimum Gasteiger partial charge on any atom is -0.395 e. The Morgan fingerprint density at radius 2 is 1.21 bits per heavy atom. The number of aliphatic hydroxyl groups is 1. The summed E-state index contributed by atoms with van der Waals surface area (Å²) in [6.45, 7) is 19.7. The Kier molecular flexibility index (Phi) is 11.6. The Balaban J connectivity index is 4.27. The van der Waals surface area contributed by atoms with Gasteiger partial charge < -0.3 is 14.9 Å². The van der Waals surface area contributed by atoms with Crippen molar-refractivity contribution in [3.8, 4) is 0 Å². The third kappa shape index (κ3) is 7.25. The fraction of sp³-hybridized carbons (Fsp3) is 1.00. The quantitative estimate of drug-likeness (QED) is 0.581. The summed E-state index contributed by atoms with van der Waals surface area (Å²) in [5, 5.41) is 9.59. The molecule has 19 heavy (non-hydrogen) atoms. The van der Waals surface area contributed by atoms with E-state index in [-0.39, 0.29) is 12.6 Å². The van der Waals surface area contributed by atoms with E-state index in [4.69, 9.17) is 0 Å². The lowest BCUT2D eigenvalue weighted by molar-refractivity contribution is 0.0915. The van der Waals surface area contributed by atoms with E-state index >= 15 is 0 Å². The molecule has 0 heterocycles. The van der Waals surface area contributed by atoms with Crippen molar-refractivity contribution in [2.75, 3.05) is 59.0 Å². The second-order valence-corrected chi connectivity index (χ2v) is 4.98. The SMILES string of the molecule is CCN(CC)CCN(CC)C[C@H](CO)N(CC)CC. The lowest BCUT2D eigenvalue weighted by Crippen LogP contribution is -2.47. The molecule has 0 aliphatic heterocycles. The van der Waals surface area contributed by atoms with Gasteiger partial charge in [0.05, 0.1) is 6.61 Å². The molecule has 0 rings (SSSR count). The second-order valence-electron chi connectivity index (χ2n) is 4.98. The molecule has 0 saturated heterocycles. The molecule has 0 spiro atoms. The first-order valence-corrected chi connectivity index (χ1v) is 7.96. The van der Waals surface area contributed by atoms with E-state index in [1.54, 1.807) is 0 Å². The van der Waals surface area contributed by atoms with E-state index in [1.165, 1.54) is 0 Å². The van der Waals surface area contributed by atoms with Crippen LogP contribution in [0.3, 0.4) is 0 Å². The molecule has 0 aromatic rings. The molecule has 0 aliphatic rings. The normalized spacial score (nSPS) is 13.7. The summed E-state index contributed by atoms with van der Waals surface area (Å²) in [7, 11) is 0. The van der Waals surface area contributed by atoms with E-state index in [9.17, 15) is 5.11 Å². The fourth-order valence-corrected chi connectivity index (χ4v) is 2.53. The van der Waals surface area contributed by atoms with Crippen molar-refractivity contribution in [3.05, 3.63) is 0 Å². The lowest BCUT2D eigenvalue weighted by Gasteiger charge is -2.33. The molecule has 0 bridgehead atoms. The van der Waals surface area contributed by atoms with Crippen molar-refractivity contribution in [3.63, 3.8) is 0 Å². The number of rotatable bonds is 12. The van der Waals surface area contributed by atoms with Gasteiger partial charge in [0, 0.05) is 25.7 Å². The molecule has 0 aromatic carbocycles. The van der Waals surface area contributed by atoms with Gasteiger partial charge in [0.15, 0.2) is 0 Å². The number of hydrogen-bond donors (Lipinski definition) is 1. The molecule has 116 valence electrons. The van der Waals surface area contributed by atoms with Gasteiger partial charge in [-0.2, -0.15) is 0 Å². The molecular formula is C15H35N3O. The highest BCUT2D eigenvalue weighted by Crippen LogP contribution is 2.03. The van der Waals surface area contributed by atoms with E-state index in [2.05, 4.69) is 49.3 Å². The molecule has 4 heteroatoms. The summed E-state index contributed by atoms with van der Waals surface area (Å²) >= 11 is 0. The second kappa shape index (κ2) is 11.6. The molecule has 0 aromatic heterocycles. The van der Waals surface area contributed by atoms with Crippen molar-refractivity contribution in [1.82, 2.24) is 14.7 Å².